The highest BCUT2D eigenvalue weighted by molar-refractivity contribution is 5.87. The van der Waals surface area contributed by atoms with E-state index in [-0.39, 0.29) is 78.7 Å². The van der Waals surface area contributed by atoms with Gasteiger partial charge in [0.25, 0.3) is 0 Å². The van der Waals surface area contributed by atoms with E-state index in [9.17, 15) is 24.9 Å². The van der Waals surface area contributed by atoms with Crippen LogP contribution in [0.4, 0.5) is 0 Å². The zero-order chi connectivity index (χ0) is 38.8. The van der Waals surface area contributed by atoms with Crippen LogP contribution in [0.25, 0.3) is 0 Å². The van der Waals surface area contributed by atoms with Crippen molar-refractivity contribution in [3.63, 3.8) is 0 Å². The number of fused-ring (bicyclic) bond motifs is 5. The lowest BCUT2D eigenvalue weighted by atomic mass is 9.52. The maximum absolute atomic E-state index is 14.2. The quantitative estimate of drug-likeness (QED) is 0.160. The van der Waals surface area contributed by atoms with Gasteiger partial charge in [0.05, 0.1) is 55.4 Å². The molecule has 3 saturated carbocycles. The maximum Gasteiger partial charge on any atom is 0.333 e. The van der Waals surface area contributed by atoms with Crippen LogP contribution in [0, 0.1) is 65.1 Å². The first-order chi connectivity index (χ1) is 26.4. The van der Waals surface area contributed by atoms with E-state index in [2.05, 4.69) is 17.6 Å². The fraction of sp³-hybridized carbons (Fsp3) is 0.907. The summed E-state index contributed by atoms with van der Waals surface area (Å²) in [5.41, 5.74) is 13.2. The summed E-state index contributed by atoms with van der Waals surface area (Å²) in [6.07, 6.45) is 8.45. The minimum Gasteiger partial charge on any atom is -0.456 e. The number of allylic oxidation sites excluding steroid dienone is 1. The molecular weight excluding hydrogens is 700 g/mol. The lowest BCUT2D eigenvalue weighted by molar-refractivity contribution is -0.308. The van der Waals surface area contributed by atoms with Crippen molar-refractivity contribution in [2.24, 2.45) is 76.6 Å². The van der Waals surface area contributed by atoms with Crippen molar-refractivity contribution >= 4 is 11.8 Å². The molecule has 0 aromatic rings. The molecule has 8 rings (SSSR count). The number of aliphatic hydroxyl groups excluding tert-OH is 3. The molecule has 0 radical (unpaired) electrons. The number of Topliss-reactive ketones (excluding diaryl/α,β-unsaturated/α-hetero) is 1. The van der Waals surface area contributed by atoms with E-state index in [0.29, 0.717) is 29.7 Å². The molecule has 5 heterocycles. The summed E-state index contributed by atoms with van der Waals surface area (Å²) in [4.78, 5) is 28.0. The number of hydrogen-bond donors (Lipinski definition) is 7. The van der Waals surface area contributed by atoms with E-state index < -0.39 is 48.0 Å². The van der Waals surface area contributed by atoms with Crippen molar-refractivity contribution in [3.8, 4) is 0 Å². The number of hydrogen-bond acceptors (Lipinski definition) is 12. The Hall–Kier alpha value is -1.48. The summed E-state index contributed by atoms with van der Waals surface area (Å²) in [5, 5.41) is 41.2. The Balaban J connectivity index is 1.31. The number of rotatable bonds is 5. The van der Waals surface area contributed by atoms with Crippen LogP contribution in [-0.4, -0.2) is 101 Å². The number of esters is 1. The lowest BCUT2D eigenvalue weighted by Crippen LogP contribution is -2.71. The molecule has 0 aromatic heterocycles. The molecule has 5 aliphatic heterocycles. The Labute approximate surface area is 327 Å². The molecule has 17 unspecified atom stereocenters. The normalized spacial score (nSPS) is 51.7. The Kier molecular flexibility index (Phi) is 11.9. The summed E-state index contributed by atoms with van der Waals surface area (Å²) in [7, 11) is 0. The van der Waals surface area contributed by atoms with Gasteiger partial charge in [0.2, 0.25) is 0 Å². The summed E-state index contributed by atoms with van der Waals surface area (Å²) in [6.45, 7) is 7.13. The molecule has 3 aliphatic carbocycles. The molecule has 9 N–H and O–H groups in total. The largest absolute Gasteiger partial charge is 0.456 e. The topological polar surface area (TPSA) is 199 Å². The van der Waals surface area contributed by atoms with E-state index in [4.69, 9.17) is 25.7 Å². The zero-order valence-electron chi connectivity index (χ0n) is 33.4. The van der Waals surface area contributed by atoms with Gasteiger partial charge in [0.15, 0.2) is 0 Å². The number of nitrogens with one attached hydrogen (secondary N) is 2. The molecule has 0 spiro atoms. The monoisotopic (exact) mass is 771 g/mol. The van der Waals surface area contributed by atoms with Gasteiger partial charge in [-0.05, 0) is 158 Å². The molecule has 0 amide bonds. The Morgan fingerprint density at radius 1 is 0.927 bits per heavy atom. The van der Waals surface area contributed by atoms with Crippen LogP contribution >= 0.6 is 0 Å². The molecule has 0 aromatic carbocycles. The van der Waals surface area contributed by atoms with Crippen molar-refractivity contribution in [3.05, 3.63) is 11.6 Å². The summed E-state index contributed by atoms with van der Waals surface area (Å²) in [6, 6.07) is 0. The van der Waals surface area contributed by atoms with Crippen molar-refractivity contribution < 1.29 is 39.1 Å². The third-order valence-electron chi connectivity index (χ3n) is 16.7. The molecule has 55 heavy (non-hydrogen) atoms. The molecular formula is C43H70N4O8. The van der Waals surface area contributed by atoms with Crippen LogP contribution in [0.2, 0.25) is 0 Å². The highest BCUT2D eigenvalue weighted by atomic mass is 16.6. The molecule has 20 atom stereocenters. The Bertz CT molecular complexity index is 1420. The summed E-state index contributed by atoms with van der Waals surface area (Å²) >= 11 is 0. The van der Waals surface area contributed by atoms with Gasteiger partial charge in [-0.1, -0.05) is 6.08 Å². The van der Waals surface area contributed by atoms with Gasteiger partial charge in [-0.3, -0.25) is 4.79 Å². The predicted molar refractivity (Wildman–Crippen MR) is 206 cm³/mol. The smallest absolute Gasteiger partial charge is 0.333 e. The van der Waals surface area contributed by atoms with E-state index in [0.717, 1.165) is 83.7 Å². The predicted octanol–water partition coefficient (Wildman–Crippen LogP) is 2.75. The number of piperidine rings is 2. The van der Waals surface area contributed by atoms with Crippen LogP contribution in [0.15, 0.2) is 11.6 Å². The second-order valence-electron chi connectivity index (χ2n) is 19.6. The average Bonchev–Trinajstić information content (AvgIpc) is 3.22. The first-order valence-corrected chi connectivity index (χ1v) is 22.0. The minimum absolute atomic E-state index is 0.00829. The van der Waals surface area contributed by atoms with Gasteiger partial charge < -0.3 is 51.6 Å². The first kappa shape index (κ1) is 40.3. The molecule has 5 saturated heterocycles. The van der Waals surface area contributed by atoms with E-state index >= 15 is 0 Å². The fourth-order valence-corrected chi connectivity index (χ4v) is 13.8. The van der Waals surface area contributed by atoms with Crippen LogP contribution in [-0.2, 0) is 23.8 Å². The van der Waals surface area contributed by atoms with Gasteiger partial charge in [-0.15, -0.1) is 0 Å². The van der Waals surface area contributed by atoms with Gasteiger partial charge in [0.1, 0.15) is 17.5 Å². The van der Waals surface area contributed by atoms with Crippen LogP contribution in [0.1, 0.15) is 104 Å². The minimum atomic E-state index is -1.04. The molecule has 4 bridgehead atoms. The number of aliphatic hydroxyl groups is 3. The average molecular weight is 771 g/mol. The van der Waals surface area contributed by atoms with Crippen molar-refractivity contribution in [2.45, 2.75) is 159 Å². The first-order valence-electron chi connectivity index (χ1n) is 22.0. The molecule has 310 valence electrons. The molecule has 12 heteroatoms. The summed E-state index contributed by atoms with van der Waals surface area (Å²) < 4.78 is 21.2. The van der Waals surface area contributed by atoms with Crippen LogP contribution in [0.5, 0.6) is 0 Å². The van der Waals surface area contributed by atoms with Crippen molar-refractivity contribution in [1.82, 2.24) is 10.6 Å². The molecule has 8 aliphatic rings. The third-order valence-corrected chi connectivity index (χ3v) is 16.7. The van der Waals surface area contributed by atoms with E-state index in [1.165, 1.54) is 0 Å². The Morgan fingerprint density at radius 3 is 2.45 bits per heavy atom. The molecule has 8 fully saturated rings. The Morgan fingerprint density at radius 2 is 1.71 bits per heavy atom. The fourth-order valence-electron chi connectivity index (χ4n) is 13.8. The second-order valence-corrected chi connectivity index (χ2v) is 19.6. The van der Waals surface area contributed by atoms with Crippen molar-refractivity contribution in [2.75, 3.05) is 19.7 Å². The lowest BCUT2D eigenvalue weighted by Gasteiger charge is -2.63. The van der Waals surface area contributed by atoms with Gasteiger partial charge >= 0.3 is 5.97 Å². The highest BCUT2D eigenvalue weighted by Gasteiger charge is 2.66. The number of ether oxygens (including phenoxy) is 3. The van der Waals surface area contributed by atoms with Gasteiger partial charge in [-0.25, -0.2) is 4.79 Å². The van der Waals surface area contributed by atoms with Crippen molar-refractivity contribution in [1.29, 1.82) is 0 Å². The maximum atomic E-state index is 14.2. The van der Waals surface area contributed by atoms with E-state index in [1.54, 1.807) is 13.0 Å². The second kappa shape index (κ2) is 16.3. The highest BCUT2D eigenvalue weighted by Crippen LogP contribution is 2.60. The number of carbonyl (C=O) groups is 2. The van der Waals surface area contributed by atoms with Gasteiger partial charge in [0, 0.05) is 23.8 Å². The van der Waals surface area contributed by atoms with Gasteiger partial charge in [-0.2, -0.15) is 0 Å². The van der Waals surface area contributed by atoms with Crippen LogP contribution in [0.3, 0.4) is 0 Å². The number of nitrogens with two attached hydrogens (primary N) is 2. The standard InChI is InChI=1S/C43H70N4O8/c1-4-21(2)42(52)54-33-18-31-38(51)37-32(50)17-28(20-48)53-40(37)36-30-16-25-15-27(49)9-8-23(25)6-7-24(35-29(30)11-12-46-41(35)45)14-26(43(33,3)55-39(31)36)13-22-5-10-34(44)47-19-22/h4,22-31,33-41,46-49,51H,5-20,44-45H2,1-3H3/t22?,23?,24?,25?,26-,27?,28?,29?,30?,31?,33-,34?,35?,36?,37?,38?,39?,40?,41?,43-/m0/s1. The van der Waals surface area contributed by atoms with E-state index in [1.807, 2.05) is 6.92 Å². The zero-order valence-corrected chi connectivity index (χ0v) is 33.4. The third kappa shape index (κ3) is 7.52. The van der Waals surface area contributed by atoms with Crippen LogP contribution < -0.4 is 22.1 Å². The molecule has 12 nitrogen and oxygen atoms in total. The number of ketones is 1. The SMILES string of the molecule is CC=C(C)C(=O)O[C@H]1CC2C(O)C3C(=O)CC(CO)OC3C3C4CC5CC(O)CCC5CCC(C[C@H](CC5CCC(N)NC5)[C@]1(C)OC23)C1C(N)NCCC41. The summed E-state index contributed by atoms with van der Waals surface area (Å²) in [5.74, 6) is -0.0413. The number of carbonyl (C=O) groups excluding carboxylic acids is 2.